The lowest BCUT2D eigenvalue weighted by Gasteiger charge is -2.23. The number of hydrogen-bond acceptors (Lipinski definition) is 3. The highest BCUT2D eigenvalue weighted by Gasteiger charge is 2.30. The van der Waals surface area contributed by atoms with Crippen LogP contribution in [0.3, 0.4) is 0 Å². The van der Waals surface area contributed by atoms with Crippen molar-refractivity contribution >= 4 is 11.9 Å². The lowest BCUT2D eigenvalue weighted by molar-refractivity contribution is -0.148. The molecule has 2 unspecified atom stereocenters. The average molecular weight is 229 g/mol. The Kier molecular flexibility index (Phi) is 4.73. The minimum absolute atomic E-state index is 0.303. The zero-order chi connectivity index (χ0) is 12.1. The molecule has 5 nitrogen and oxygen atoms in total. The number of carboxylic acids is 1. The standard InChI is InChI=1S/C11H19NO4/c1-7(13)12-9(10(14)11(15)16)6-8-4-2-3-5-8/h8-10,14H,2-6H2,1H3,(H,12,13)(H,15,16). The summed E-state index contributed by atoms with van der Waals surface area (Å²) in [7, 11) is 0. The number of rotatable bonds is 5. The second kappa shape index (κ2) is 5.84. The largest absolute Gasteiger partial charge is 0.479 e. The third-order valence-electron chi connectivity index (χ3n) is 3.08. The summed E-state index contributed by atoms with van der Waals surface area (Å²) in [4.78, 5) is 21.6. The molecule has 0 aromatic rings. The Bertz CT molecular complexity index is 261. The molecule has 0 aromatic heterocycles. The van der Waals surface area contributed by atoms with Crippen molar-refractivity contribution in [2.75, 3.05) is 0 Å². The van der Waals surface area contributed by atoms with Gasteiger partial charge in [0.15, 0.2) is 6.10 Å². The molecule has 16 heavy (non-hydrogen) atoms. The maximum absolute atomic E-state index is 10.9. The van der Waals surface area contributed by atoms with Crippen LogP contribution in [-0.2, 0) is 9.59 Å². The molecule has 1 fully saturated rings. The summed E-state index contributed by atoms with van der Waals surface area (Å²) in [6, 6.07) is -0.668. The van der Waals surface area contributed by atoms with Gasteiger partial charge < -0.3 is 15.5 Å². The highest BCUT2D eigenvalue weighted by atomic mass is 16.4. The number of aliphatic hydroxyl groups is 1. The molecule has 5 heteroatoms. The molecule has 92 valence electrons. The second-order valence-corrected chi connectivity index (χ2v) is 4.48. The highest BCUT2D eigenvalue weighted by molar-refractivity contribution is 5.77. The van der Waals surface area contributed by atoms with Gasteiger partial charge in [0.25, 0.3) is 0 Å². The van der Waals surface area contributed by atoms with Gasteiger partial charge in [0, 0.05) is 6.92 Å². The number of aliphatic carboxylic acids is 1. The van der Waals surface area contributed by atoms with E-state index in [1.54, 1.807) is 0 Å². The van der Waals surface area contributed by atoms with E-state index in [-0.39, 0.29) is 5.91 Å². The van der Waals surface area contributed by atoms with E-state index in [1.165, 1.54) is 6.92 Å². The fourth-order valence-corrected chi connectivity index (χ4v) is 2.31. The molecule has 2 atom stereocenters. The second-order valence-electron chi connectivity index (χ2n) is 4.48. The molecule has 0 bridgehead atoms. The summed E-state index contributed by atoms with van der Waals surface area (Å²) in [5.74, 6) is -1.16. The van der Waals surface area contributed by atoms with Gasteiger partial charge in [0.05, 0.1) is 6.04 Å². The van der Waals surface area contributed by atoms with Crippen molar-refractivity contribution in [2.45, 2.75) is 51.2 Å². The molecule has 1 amide bonds. The molecule has 0 heterocycles. The third-order valence-corrected chi connectivity index (χ3v) is 3.08. The first kappa shape index (κ1) is 13.0. The van der Waals surface area contributed by atoms with Crippen LogP contribution in [0.25, 0.3) is 0 Å². The van der Waals surface area contributed by atoms with Crippen molar-refractivity contribution in [1.29, 1.82) is 0 Å². The zero-order valence-corrected chi connectivity index (χ0v) is 9.48. The quantitative estimate of drug-likeness (QED) is 0.641. The molecule has 1 saturated carbocycles. The van der Waals surface area contributed by atoms with Crippen LogP contribution in [0.2, 0.25) is 0 Å². The van der Waals surface area contributed by atoms with Crippen LogP contribution in [0, 0.1) is 5.92 Å². The number of hydrogen-bond donors (Lipinski definition) is 3. The molecular weight excluding hydrogens is 210 g/mol. The van der Waals surface area contributed by atoms with Gasteiger partial charge in [-0.2, -0.15) is 0 Å². The normalized spacial score (nSPS) is 20.4. The lowest BCUT2D eigenvalue weighted by atomic mass is 9.95. The van der Waals surface area contributed by atoms with Gasteiger partial charge in [-0.1, -0.05) is 25.7 Å². The molecule has 0 spiro atoms. The van der Waals surface area contributed by atoms with Gasteiger partial charge in [0.1, 0.15) is 0 Å². The first-order valence-electron chi connectivity index (χ1n) is 5.68. The summed E-state index contributed by atoms with van der Waals surface area (Å²) in [6.45, 7) is 1.33. The first-order valence-corrected chi connectivity index (χ1v) is 5.68. The Morgan fingerprint density at radius 2 is 1.94 bits per heavy atom. The lowest BCUT2D eigenvalue weighted by Crippen LogP contribution is -2.47. The number of carbonyl (C=O) groups is 2. The number of carbonyl (C=O) groups excluding carboxylic acids is 1. The molecular formula is C11H19NO4. The van der Waals surface area contributed by atoms with E-state index in [0.29, 0.717) is 12.3 Å². The summed E-state index contributed by atoms with van der Waals surface area (Å²) in [5.41, 5.74) is 0. The minimum Gasteiger partial charge on any atom is -0.479 e. The van der Waals surface area contributed by atoms with Crippen molar-refractivity contribution in [3.05, 3.63) is 0 Å². The smallest absolute Gasteiger partial charge is 0.334 e. The third kappa shape index (κ3) is 3.81. The number of amides is 1. The number of aliphatic hydroxyl groups excluding tert-OH is 1. The van der Waals surface area contributed by atoms with Gasteiger partial charge >= 0.3 is 5.97 Å². The van der Waals surface area contributed by atoms with Crippen molar-refractivity contribution in [3.8, 4) is 0 Å². The van der Waals surface area contributed by atoms with Crippen molar-refractivity contribution in [3.63, 3.8) is 0 Å². The van der Waals surface area contributed by atoms with Crippen molar-refractivity contribution in [1.82, 2.24) is 5.32 Å². The average Bonchev–Trinajstić information content (AvgIpc) is 2.67. The Morgan fingerprint density at radius 1 is 1.38 bits per heavy atom. The highest BCUT2D eigenvalue weighted by Crippen LogP contribution is 2.29. The van der Waals surface area contributed by atoms with Gasteiger partial charge in [-0.15, -0.1) is 0 Å². The summed E-state index contributed by atoms with van der Waals surface area (Å²) in [6.07, 6.45) is 3.46. The van der Waals surface area contributed by atoms with Crippen LogP contribution in [0.15, 0.2) is 0 Å². The van der Waals surface area contributed by atoms with Crippen molar-refractivity contribution in [2.24, 2.45) is 5.92 Å². The molecule has 1 aliphatic carbocycles. The van der Waals surface area contributed by atoms with E-state index in [2.05, 4.69) is 5.32 Å². The number of nitrogens with one attached hydrogen (secondary N) is 1. The number of carboxylic acid groups (broad SMARTS) is 1. The van der Waals surface area contributed by atoms with E-state index in [9.17, 15) is 14.7 Å². The van der Waals surface area contributed by atoms with Crippen LogP contribution in [-0.4, -0.2) is 34.2 Å². The van der Waals surface area contributed by atoms with Gasteiger partial charge in [-0.05, 0) is 12.3 Å². The SMILES string of the molecule is CC(=O)NC(CC1CCCC1)C(O)C(=O)O. The molecule has 1 rings (SSSR count). The fraction of sp³-hybridized carbons (Fsp3) is 0.818. The monoisotopic (exact) mass is 229 g/mol. The summed E-state index contributed by atoms with van der Waals surface area (Å²) < 4.78 is 0. The molecule has 3 N–H and O–H groups in total. The topological polar surface area (TPSA) is 86.6 Å². The van der Waals surface area contributed by atoms with E-state index >= 15 is 0 Å². The maximum Gasteiger partial charge on any atom is 0.334 e. The van der Waals surface area contributed by atoms with Crippen molar-refractivity contribution < 1.29 is 19.8 Å². The Balaban J connectivity index is 2.54. The summed E-state index contributed by atoms with van der Waals surface area (Å²) >= 11 is 0. The van der Waals surface area contributed by atoms with Crippen LogP contribution in [0.1, 0.15) is 39.0 Å². The first-order chi connectivity index (χ1) is 7.50. The molecule has 0 saturated heterocycles. The molecule has 0 aliphatic heterocycles. The van der Waals surface area contributed by atoms with Crippen LogP contribution in [0.5, 0.6) is 0 Å². The van der Waals surface area contributed by atoms with E-state index < -0.39 is 18.1 Å². The van der Waals surface area contributed by atoms with Crippen LogP contribution >= 0.6 is 0 Å². The fourth-order valence-electron chi connectivity index (χ4n) is 2.31. The minimum atomic E-state index is -1.51. The van der Waals surface area contributed by atoms with E-state index in [1.807, 2.05) is 0 Å². The summed E-state index contributed by atoms with van der Waals surface area (Å²) in [5, 5.41) is 20.7. The Labute approximate surface area is 94.8 Å². The maximum atomic E-state index is 10.9. The van der Waals surface area contributed by atoms with Gasteiger partial charge in [-0.25, -0.2) is 4.79 Å². The Morgan fingerprint density at radius 3 is 2.38 bits per heavy atom. The zero-order valence-electron chi connectivity index (χ0n) is 9.48. The predicted molar refractivity (Wildman–Crippen MR) is 57.8 cm³/mol. The molecule has 0 radical (unpaired) electrons. The van der Waals surface area contributed by atoms with E-state index in [4.69, 9.17) is 5.11 Å². The molecule has 0 aromatic carbocycles. The predicted octanol–water partition coefficient (Wildman–Crippen LogP) is 0.517. The van der Waals surface area contributed by atoms with Gasteiger partial charge in [0.2, 0.25) is 5.91 Å². The Hall–Kier alpha value is -1.10. The van der Waals surface area contributed by atoms with E-state index in [0.717, 1.165) is 25.7 Å². The van der Waals surface area contributed by atoms with Gasteiger partial charge in [-0.3, -0.25) is 4.79 Å². The van der Waals surface area contributed by atoms with Crippen LogP contribution < -0.4 is 5.32 Å². The van der Waals surface area contributed by atoms with Crippen LogP contribution in [0.4, 0.5) is 0 Å². The molecule has 1 aliphatic rings.